The van der Waals surface area contributed by atoms with E-state index in [4.69, 9.17) is 0 Å². The Bertz CT molecular complexity index is 674. The fourth-order valence-corrected chi connectivity index (χ4v) is 2.52. The van der Waals surface area contributed by atoms with Crippen LogP contribution in [-0.2, 0) is 0 Å². The Kier molecular flexibility index (Phi) is 4.12. The molecule has 3 aromatic rings. The predicted molar refractivity (Wildman–Crippen MR) is 86.2 cm³/mol. The lowest BCUT2D eigenvalue weighted by molar-refractivity contribution is 0.500. The standard InChI is InChI=1S/C18H19N3/c1-19-13-18(16-10-6-3-7-11-16)21-14-17(12-20-21)15-8-4-2-5-9-15/h2-12,14,18-19H,13H2,1H3. The molecule has 1 heterocycles. The molecule has 1 aromatic heterocycles. The average Bonchev–Trinajstić information content (AvgIpc) is 3.04. The Morgan fingerprint density at radius 3 is 2.29 bits per heavy atom. The first-order valence-electron chi connectivity index (χ1n) is 7.17. The Morgan fingerprint density at radius 2 is 1.62 bits per heavy atom. The van der Waals surface area contributed by atoms with Crippen LogP contribution in [0.2, 0.25) is 0 Å². The maximum Gasteiger partial charge on any atom is 0.0892 e. The maximum absolute atomic E-state index is 4.56. The van der Waals surface area contributed by atoms with Crippen LogP contribution in [0.25, 0.3) is 11.1 Å². The van der Waals surface area contributed by atoms with Crippen LogP contribution in [0.3, 0.4) is 0 Å². The summed E-state index contributed by atoms with van der Waals surface area (Å²) in [5.41, 5.74) is 3.60. The van der Waals surface area contributed by atoms with Crippen LogP contribution < -0.4 is 5.32 Å². The lowest BCUT2D eigenvalue weighted by Gasteiger charge is -2.17. The number of aromatic nitrogens is 2. The van der Waals surface area contributed by atoms with Gasteiger partial charge in [-0.15, -0.1) is 0 Å². The van der Waals surface area contributed by atoms with Crippen molar-refractivity contribution in [2.45, 2.75) is 6.04 Å². The first-order chi connectivity index (χ1) is 10.4. The molecule has 0 fully saturated rings. The maximum atomic E-state index is 4.56. The van der Waals surface area contributed by atoms with Crippen LogP contribution in [-0.4, -0.2) is 23.4 Å². The summed E-state index contributed by atoms with van der Waals surface area (Å²) in [4.78, 5) is 0. The predicted octanol–water partition coefficient (Wildman–Crippen LogP) is 3.36. The summed E-state index contributed by atoms with van der Waals surface area (Å²) in [6.45, 7) is 0.847. The zero-order valence-corrected chi connectivity index (χ0v) is 12.1. The van der Waals surface area contributed by atoms with Gasteiger partial charge in [-0.1, -0.05) is 60.7 Å². The van der Waals surface area contributed by atoms with E-state index in [9.17, 15) is 0 Å². The molecular weight excluding hydrogens is 258 g/mol. The summed E-state index contributed by atoms with van der Waals surface area (Å²) in [5.74, 6) is 0. The molecule has 0 aliphatic heterocycles. The quantitative estimate of drug-likeness (QED) is 0.775. The molecule has 0 aliphatic carbocycles. The third-order valence-corrected chi connectivity index (χ3v) is 3.61. The molecule has 3 nitrogen and oxygen atoms in total. The highest BCUT2D eigenvalue weighted by Crippen LogP contribution is 2.22. The van der Waals surface area contributed by atoms with Crippen LogP contribution >= 0.6 is 0 Å². The Labute approximate surface area is 125 Å². The van der Waals surface area contributed by atoms with Crippen molar-refractivity contribution in [1.82, 2.24) is 15.1 Å². The van der Waals surface area contributed by atoms with E-state index in [2.05, 4.69) is 65.1 Å². The van der Waals surface area contributed by atoms with E-state index >= 15 is 0 Å². The summed E-state index contributed by atoms with van der Waals surface area (Å²) in [5, 5.41) is 7.82. The van der Waals surface area contributed by atoms with Crippen molar-refractivity contribution in [2.24, 2.45) is 0 Å². The van der Waals surface area contributed by atoms with Crippen molar-refractivity contribution >= 4 is 0 Å². The van der Waals surface area contributed by atoms with E-state index in [0.717, 1.165) is 12.1 Å². The summed E-state index contributed by atoms with van der Waals surface area (Å²) < 4.78 is 2.04. The van der Waals surface area contributed by atoms with Gasteiger partial charge in [0.1, 0.15) is 0 Å². The molecular formula is C18H19N3. The van der Waals surface area contributed by atoms with Crippen molar-refractivity contribution in [3.8, 4) is 11.1 Å². The fourth-order valence-electron chi connectivity index (χ4n) is 2.52. The van der Waals surface area contributed by atoms with Crippen molar-refractivity contribution in [1.29, 1.82) is 0 Å². The first kappa shape index (κ1) is 13.6. The lowest BCUT2D eigenvalue weighted by Crippen LogP contribution is -2.23. The minimum atomic E-state index is 0.202. The smallest absolute Gasteiger partial charge is 0.0892 e. The van der Waals surface area contributed by atoms with Crippen molar-refractivity contribution in [3.63, 3.8) is 0 Å². The highest BCUT2D eigenvalue weighted by atomic mass is 15.3. The Hall–Kier alpha value is -2.39. The topological polar surface area (TPSA) is 29.9 Å². The van der Waals surface area contributed by atoms with Gasteiger partial charge in [-0.2, -0.15) is 5.10 Å². The zero-order chi connectivity index (χ0) is 14.5. The second kappa shape index (κ2) is 6.37. The molecule has 1 unspecified atom stereocenters. The molecule has 21 heavy (non-hydrogen) atoms. The Balaban J connectivity index is 1.93. The third-order valence-electron chi connectivity index (χ3n) is 3.61. The SMILES string of the molecule is CNCC(c1ccccc1)n1cc(-c2ccccc2)cn1. The van der Waals surface area contributed by atoms with Crippen LogP contribution in [0.5, 0.6) is 0 Å². The normalized spacial score (nSPS) is 12.2. The molecule has 0 radical (unpaired) electrons. The number of benzene rings is 2. The van der Waals surface area contributed by atoms with E-state index in [1.807, 2.05) is 30.1 Å². The van der Waals surface area contributed by atoms with Crippen LogP contribution in [0, 0.1) is 0 Å². The molecule has 106 valence electrons. The molecule has 0 aliphatic rings. The summed E-state index contributed by atoms with van der Waals surface area (Å²) in [6.07, 6.45) is 4.05. The zero-order valence-electron chi connectivity index (χ0n) is 12.1. The number of hydrogen-bond acceptors (Lipinski definition) is 2. The molecule has 2 aromatic carbocycles. The van der Waals surface area contributed by atoms with Gasteiger partial charge in [-0.05, 0) is 18.2 Å². The largest absolute Gasteiger partial charge is 0.317 e. The number of nitrogens with zero attached hydrogens (tertiary/aromatic N) is 2. The van der Waals surface area contributed by atoms with E-state index in [1.165, 1.54) is 11.1 Å². The van der Waals surface area contributed by atoms with Gasteiger partial charge in [-0.25, -0.2) is 0 Å². The highest BCUT2D eigenvalue weighted by Gasteiger charge is 2.14. The molecule has 0 saturated heterocycles. The molecule has 3 rings (SSSR count). The number of nitrogens with one attached hydrogen (secondary N) is 1. The van der Waals surface area contributed by atoms with Gasteiger partial charge in [0.05, 0.1) is 12.2 Å². The molecule has 3 heteroatoms. The van der Waals surface area contributed by atoms with Crippen LogP contribution in [0.1, 0.15) is 11.6 Å². The van der Waals surface area contributed by atoms with Crippen LogP contribution in [0.15, 0.2) is 73.1 Å². The first-order valence-corrected chi connectivity index (χ1v) is 7.17. The molecule has 0 bridgehead atoms. The number of likely N-dealkylation sites (N-methyl/N-ethyl adjacent to an activating group) is 1. The molecule has 0 spiro atoms. The van der Waals surface area contributed by atoms with Gasteiger partial charge in [0.2, 0.25) is 0 Å². The van der Waals surface area contributed by atoms with Gasteiger partial charge < -0.3 is 5.32 Å². The van der Waals surface area contributed by atoms with Crippen molar-refractivity contribution in [3.05, 3.63) is 78.6 Å². The summed E-state index contributed by atoms with van der Waals surface area (Å²) in [7, 11) is 1.97. The number of rotatable bonds is 5. The molecule has 1 atom stereocenters. The third kappa shape index (κ3) is 3.03. The van der Waals surface area contributed by atoms with Gasteiger partial charge in [0.15, 0.2) is 0 Å². The fraction of sp³-hybridized carbons (Fsp3) is 0.167. The van der Waals surface area contributed by atoms with E-state index in [0.29, 0.717) is 0 Å². The molecule has 1 N–H and O–H groups in total. The Morgan fingerprint density at radius 1 is 0.952 bits per heavy atom. The average molecular weight is 277 g/mol. The van der Waals surface area contributed by atoms with Gasteiger partial charge in [0, 0.05) is 18.3 Å². The molecule has 0 amide bonds. The van der Waals surface area contributed by atoms with Gasteiger partial charge >= 0.3 is 0 Å². The lowest BCUT2D eigenvalue weighted by atomic mass is 10.1. The second-order valence-corrected chi connectivity index (χ2v) is 5.06. The minimum absolute atomic E-state index is 0.202. The van der Waals surface area contributed by atoms with Crippen molar-refractivity contribution < 1.29 is 0 Å². The minimum Gasteiger partial charge on any atom is -0.317 e. The van der Waals surface area contributed by atoms with E-state index in [1.54, 1.807) is 0 Å². The van der Waals surface area contributed by atoms with Gasteiger partial charge in [0.25, 0.3) is 0 Å². The van der Waals surface area contributed by atoms with E-state index in [-0.39, 0.29) is 6.04 Å². The van der Waals surface area contributed by atoms with Crippen LogP contribution in [0.4, 0.5) is 0 Å². The van der Waals surface area contributed by atoms with Crippen molar-refractivity contribution in [2.75, 3.05) is 13.6 Å². The second-order valence-electron chi connectivity index (χ2n) is 5.06. The van der Waals surface area contributed by atoms with E-state index < -0.39 is 0 Å². The highest BCUT2D eigenvalue weighted by molar-refractivity contribution is 5.61. The van der Waals surface area contributed by atoms with Gasteiger partial charge in [-0.3, -0.25) is 4.68 Å². The summed E-state index contributed by atoms with van der Waals surface area (Å²) >= 11 is 0. The molecule has 0 saturated carbocycles. The summed E-state index contributed by atoms with van der Waals surface area (Å²) in [6, 6.07) is 21.0. The number of hydrogen-bond donors (Lipinski definition) is 1. The monoisotopic (exact) mass is 277 g/mol.